The Kier molecular flexibility index (Phi) is 8.25. The minimum absolute atomic E-state index is 0.239. The van der Waals surface area contributed by atoms with Gasteiger partial charge in [0.2, 0.25) is 0 Å². The molecule has 2 aromatic rings. The first-order valence-electron chi connectivity index (χ1n) is 8.55. The normalized spacial score (nSPS) is 14.9. The van der Waals surface area contributed by atoms with E-state index in [2.05, 4.69) is 43.3 Å². The van der Waals surface area contributed by atoms with Gasteiger partial charge in [0.1, 0.15) is 0 Å². The fourth-order valence-corrected chi connectivity index (χ4v) is 5.12. The number of ether oxygens (including phenoxy) is 3. The number of thioether (sulfide) groups is 1. The van der Waals surface area contributed by atoms with Gasteiger partial charge in [-0.05, 0) is 80.5 Å². The van der Waals surface area contributed by atoms with E-state index >= 15 is 0 Å². The number of benzene rings is 2. The summed E-state index contributed by atoms with van der Waals surface area (Å²) >= 11 is 18.2. The summed E-state index contributed by atoms with van der Waals surface area (Å²) in [4.78, 5) is 26.3. The van der Waals surface area contributed by atoms with Crippen LogP contribution in [0.15, 0.2) is 39.7 Å². The van der Waals surface area contributed by atoms with Gasteiger partial charge in [-0.25, -0.2) is 4.79 Å². The van der Waals surface area contributed by atoms with Crippen molar-refractivity contribution < 1.29 is 23.8 Å². The van der Waals surface area contributed by atoms with Crippen LogP contribution >= 0.6 is 74.1 Å². The molecule has 0 atom stereocenters. The van der Waals surface area contributed by atoms with E-state index in [1.165, 1.54) is 30.9 Å². The summed E-state index contributed by atoms with van der Waals surface area (Å²) in [6.07, 6.45) is 1.73. The van der Waals surface area contributed by atoms with Gasteiger partial charge in [0.05, 0.1) is 33.4 Å². The highest BCUT2D eigenvalue weighted by Crippen LogP contribution is 2.40. The maximum absolute atomic E-state index is 13.0. The van der Waals surface area contributed by atoms with Crippen molar-refractivity contribution in [1.29, 1.82) is 0 Å². The quantitative estimate of drug-likeness (QED) is 0.172. The number of nitrogens with zero attached hydrogens (tertiary/aromatic N) is 1. The number of halogens is 3. The van der Waals surface area contributed by atoms with Crippen LogP contribution in [0.1, 0.15) is 5.56 Å². The van der Waals surface area contributed by atoms with Crippen LogP contribution in [0.2, 0.25) is 5.02 Å². The molecule has 1 heterocycles. The first-order valence-corrected chi connectivity index (χ1v) is 12.0. The third-order valence-corrected chi connectivity index (χ3v) is 7.40. The first-order chi connectivity index (χ1) is 14.7. The zero-order valence-electron chi connectivity index (χ0n) is 16.1. The summed E-state index contributed by atoms with van der Waals surface area (Å²) in [6, 6.07) is 8.75. The largest absolute Gasteiger partial charge is 0.493 e. The summed E-state index contributed by atoms with van der Waals surface area (Å²) in [5.74, 6) is 0.104. The second-order valence-corrected chi connectivity index (χ2v) is 10.1. The smallest absolute Gasteiger partial charge is 0.343 e. The van der Waals surface area contributed by atoms with Crippen LogP contribution in [0.25, 0.3) is 6.08 Å². The topological polar surface area (TPSA) is 65.1 Å². The Morgan fingerprint density at radius 1 is 1.32 bits per heavy atom. The molecule has 0 radical (unpaired) electrons. The molecule has 31 heavy (non-hydrogen) atoms. The van der Waals surface area contributed by atoms with Gasteiger partial charge in [0.15, 0.2) is 22.4 Å². The molecular weight excluding hydrogens is 641 g/mol. The number of hydrogen-bond acceptors (Lipinski definition) is 7. The Morgan fingerprint density at radius 2 is 2.06 bits per heavy atom. The Labute approximate surface area is 215 Å². The van der Waals surface area contributed by atoms with Gasteiger partial charge in [0, 0.05) is 4.47 Å². The van der Waals surface area contributed by atoms with Gasteiger partial charge in [-0.2, -0.15) is 0 Å². The minimum Gasteiger partial charge on any atom is -0.493 e. The molecule has 3 rings (SSSR count). The van der Waals surface area contributed by atoms with Gasteiger partial charge >= 0.3 is 5.97 Å². The fraction of sp³-hybridized carbons (Fsp3) is 0.150. The molecule has 0 spiro atoms. The van der Waals surface area contributed by atoms with Crippen LogP contribution in [0, 0.1) is 3.57 Å². The molecule has 1 saturated heterocycles. The molecule has 162 valence electrons. The van der Waals surface area contributed by atoms with E-state index in [0.29, 0.717) is 35.0 Å². The van der Waals surface area contributed by atoms with Crippen LogP contribution in [0.3, 0.4) is 0 Å². The van der Waals surface area contributed by atoms with Crippen molar-refractivity contribution >= 4 is 102 Å². The standard InChI is InChI=1S/C20H14BrClINO5S2/c1-27-15-6-10(5-14(23)18(15)29-9-17(25)28-2)7-16-19(26)24(20(30)31-16)11-3-4-12(21)13(22)8-11/h3-8H,9H2,1-2H3/b16-7-. The molecule has 1 fully saturated rings. The van der Waals surface area contributed by atoms with E-state index in [1.54, 1.807) is 30.3 Å². The van der Waals surface area contributed by atoms with Gasteiger partial charge in [0.25, 0.3) is 5.91 Å². The predicted molar refractivity (Wildman–Crippen MR) is 138 cm³/mol. The monoisotopic (exact) mass is 653 g/mol. The molecule has 11 heteroatoms. The van der Waals surface area contributed by atoms with Crippen molar-refractivity contribution in [3.8, 4) is 11.5 Å². The van der Waals surface area contributed by atoms with Crippen molar-refractivity contribution in [2.75, 3.05) is 25.7 Å². The first kappa shape index (κ1) is 24.3. The van der Waals surface area contributed by atoms with E-state index in [-0.39, 0.29) is 12.5 Å². The average molecular weight is 655 g/mol. The fourth-order valence-electron chi connectivity index (χ4n) is 2.62. The van der Waals surface area contributed by atoms with E-state index in [9.17, 15) is 9.59 Å². The van der Waals surface area contributed by atoms with Crippen molar-refractivity contribution in [3.63, 3.8) is 0 Å². The van der Waals surface area contributed by atoms with Crippen molar-refractivity contribution in [1.82, 2.24) is 0 Å². The summed E-state index contributed by atoms with van der Waals surface area (Å²) in [5, 5.41) is 0.484. The maximum atomic E-state index is 13.0. The molecule has 0 aliphatic carbocycles. The van der Waals surface area contributed by atoms with Crippen LogP contribution < -0.4 is 14.4 Å². The van der Waals surface area contributed by atoms with E-state index < -0.39 is 5.97 Å². The van der Waals surface area contributed by atoms with E-state index in [4.69, 9.17) is 33.3 Å². The SMILES string of the molecule is COC(=O)COc1c(I)cc(/C=C2\SC(=S)N(c3ccc(Br)c(Cl)c3)C2=O)cc1OC. The van der Waals surface area contributed by atoms with Crippen molar-refractivity contribution in [2.24, 2.45) is 0 Å². The van der Waals surface area contributed by atoms with E-state index in [1.807, 2.05) is 6.07 Å². The summed E-state index contributed by atoms with van der Waals surface area (Å²) in [6.45, 7) is -0.239. The highest BCUT2D eigenvalue weighted by molar-refractivity contribution is 14.1. The highest BCUT2D eigenvalue weighted by Gasteiger charge is 2.33. The average Bonchev–Trinajstić information content (AvgIpc) is 3.01. The molecule has 0 aromatic heterocycles. The molecule has 0 unspecified atom stereocenters. The van der Waals surface area contributed by atoms with Crippen LogP contribution in [-0.4, -0.2) is 37.0 Å². The van der Waals surface area contributed by atoms with Gasteiger partial charge in [-0.3, -0.25) is 9.69 Å². The van der Waals surface area contributed by atoms with Gasteiger partial charge in [-0.15, -0.1) is 0 Å². The number of hydrogen-bond donors (Lipinski definition) is 0. The van der Waals surface area contributed by atoms with Crippen LogP contribution in [0.4, 0.5) is 5.69 Å². The van der Waals surface area contributed by atoms with Gasteiger partial charge < -0.3 is 14.2 Å². The molecule has 0 saturated carbocycles. The predicted octanol–water partition coefficient (Wildman–Crippen LogP) is 5.67. The lowest BCUT2D eigenvalue weighted by Crippen LogP contribution is -2.27. The molecule has 1 aliphatic heterocycles. The minimum atomic E-state index is -0.501. The van der Waals surface area contributed by atoms with Crippen LogP contribution in [0.5, 0.6) is 11.5 Å². The molecule has 6 nitrogen and oxygen atoms in total. The molecule has 1 amide bonds. The molecule has 0 bridgehead atoms. The lowest BCUT2D eigenvalue weighted by Gasteiger charge is -2.15. The Bertz CT molecular complexity index is 1110. The second kappa shape index (κ2) is 10.5. The van der Waals surface area contributed by atoms with Crippen molar-refractivity contribution in [2.45, 2.75) is 0 Å². The summed E-state index contributed by atoms with van der Waals surface area (Å²) in [7, 11) is 2.78. The second-order valence-electron chi connectivity index (χ2n) is 6.01. The Balaban J connectivity index is 1.90. The number of amides is 1. The summed E-state index contributed by atoms with van der Waals surface area (Å²) in [5.41, 5.74) is 1.32. The lowest BCUT2D eigenvalue weighted by atomic mass is 10.1. The molecule has 0 N–H and O–H groups in total. The number of anilines is 1. The Hall–Kier alpha value is -1.34. The summed E-state index contributed by atoms with van der Waals surface area (Å²) < 4.78 is 17.4. The number of esters is 1. The van der Waals surface area contributed by atoms with Crippen molar-refractivity contribution in [3.05, 3.63) is 53.9 Å². The molecular formula is C20H14BrClINO5S2. The number of methoxy groups -OCH3 is 2. The number of carbonyl (C=O) groups excluding carboxylic acids is 2. The maximum Gasteiger partial charge on any atom is 0.343 e. The number of carbonyl (C=O) groups is 2. The lowest BCUT2D eigenvalue weighted by molar-refractivity contribution is -0.142. The van der Waals surface area contributed by atoms with Crippen LogP contribution in [-0.2, 0) is 14.3 Å². The van der Waals surface area contributed by atoms with E-state index in [0.717, 1.165) is 10.0 Å². The third kappa shape index (κ3) is 5.54. The number of thiocarbonyl (C=S) groups is 1. The molecule has 1 aliphatic rings. The number of rotatable bonds is 6. The Morgan fingerprint density at radius 3 is 2.71 bits per heavy atom. The zero-order valence-corrected chi connectivity index (χ0v) is 22.2. The third-order valence-electron chi connectivity index (χ3n) is 4.07. The highest BCUT2D eigenvalue weighted by atomic mass is 127. The zero-order chi connectivity index (χ0) is 22.7. The van der Waals surface area contributed by atoms with Gasteiger partial charge in [-0.1, -0.05) is 35.6 Å². The molecule has 2 aromatic carbocycles.